The minimum absolute atomic E-state index is 0.0926. The van der Waals surface area contributed by atoms with Crippen molar-refractivity contribution < 1.29 is 23.9 Å². The van der Waals surface area contributed by atoms with Gasteiger partial charge in [0.15, 0.2) is 6.61 Å². The number of benzene rings is 2. The molecule has 2 aromatic rings. The maximum absolute atomic E-state index is 12.6. The molecule has 3 N–H and O–H groups in total. The molecule has 0 radical (unpaired) electrons. The molecule has 0 aliphatic carbocycles. The number of carbonyl (C=O) groups is 3. The molecule has 1 heterocycles. The molecule has 0 spiro atoms. The summed E-state index contributed by atoms with van der Waals surface area (Å²) in [5.74, 6) is 0.0345. The van der Waals surface area contributed by atoms with Crippen LogP contribution in [-0.4, -0.2) is 31.4 Å². The number of methoxy groups -OCH3 is 1. The van der Waals surface area contributed by atoms with Gasteiger partial charge in [0.05, 0.1) is 18.5 Å². The second-order valence-corrected chi connectivity index (χ2v) is 5.60. The summed E-state index contributed by atoms with van der Waals surface area (Å²) in [6.07, 6.45) is 0. The van der Waals surface area contributed by atoms with E-state index in [0.29, 0.717) is 34.1 Å². The average molecular weight is 355 g/mol. The van der Waals surface area contributed by atoms with Gasteiger partial charge in [-0.05, 0) is 36.4 Å². The zero-order valence-electron chi connectivity index (χ0n) is 14.2. The Labute approximate surface area is 149 Å². The Balaban J connectivity index is 1.83. The average Bonchev–Trinajstić information content (AvgIpc) is 2.61. The molecule has 0 atom stereocenters. The lowest BCUT2D eigenvalue weighted by molar-refractivity contribution is -0.118. The van der Waals surface area contributed by atoms with Gasteiger partial charge >= 0.3 is 0 Å². The van der Waals surface area contributed by atoms with E-state index in [1.807, 2.05) is 0 Å². The molecule has 1 aliphatic heterocycles. The molecule has 0 aromatic heterocycles. The molecule has 134 valence electrons. The predicted molar refractivity (Wildman–Crippen MR) is 95.8 cm³/mol. The fourth-order valence-corrected chi connectivity index (χ4v) is 2.50. The standard InChI is InChI=1S/C18H17N3O5/c1-10(22)19-12-4-6-15(25-2)14(8-12)21-18(24)11-3-5-13-16(7-11)26-9-17(23)20-13/h3-8H,9H2,1-2H3,(H,19,22)(H,20,23)(H,21,24). The fraction of sp³-hybridized carbons (Fsp3) is 0.167. The summed E-state index contributed by atoms with van der Waals surface area (Å²) in [6, 6.07) is 9.65. The fourth-order valence-electron chi connectivity index (χ4n) is 2.50. The largest absolute Gasteiger partial charge is 0.495 e. The molecule has 8 nitrogen and oxygen atoms in total. The van der Waals surface area contributed by atoms with Crippen LogP contribution in [0.15, 0.2) is 36.4 Å². The van der Waals surface area contributed by atoms with E-state index >= 15 is 0 Å². The van der Waals surface area contributed by atoms with Crippen LogP contribution in [0.2, 0.25) is 0 Å². The van der Waals surface area contributed by atoms with Gasteiger partial charge in [-0.2, -0.15) is 0 Å². The summed E-state index contributed by atoms with van der Waals surface area (Å²) >= 11 is 0. The Morgan fingerprint density at radius 1 is 1.15 bits per heavy atom. The second-order valence-electron chi connectivity index (χ2n) is 5.60. The van der Waals surface area contributed by atoms with Gasteiger partial charge in [0.1, 0.15) is 11.5 Å². The normalized spacial score (nSPS) is 12.3. The van der Waals surface area contributed by atoms with Crippen molar-refractivity contribution in [3.05, 3.63) is 42.0 Å². The van der Waals surface area contributed by atoms with Crippen molar-refractivity contribution in [3.8, 4) is 11.5 Å². The van der Waals surface area contributed by atoms with Crippen LogP contribution in [-0.2, 0) is 9.59 Å². The van der Waals surface area contributed by atoms with E-state index in [1.54, 1.807) is 36.4 Å². The molecule has 0 saturated carbocycles. The summed E-state index contributed by atoms with van der Waals surface area (Å²) in [4.78, 5) is 35.1. The predicted octanol–water partition coefficient (Wildman–Crippen LogP) is 2.24. The maximum Gasteiger partial charge on any atom is 0.262 e. The molecule has 8 heteroatoms. The quantitative estimate of drug-likeness (QED) is 0.780. The minimum atomic E-state index is -0.383. The molecule has 26 heavy (non-hydrogen) atoms. The Bertz CT molecular complexity index is 894. The Morgan fingerprint density at radius 2 is 1.96 bits per heavy atom. The van der Waals surface area contributed by atoms with Gasteiger partial charge in [0, 0.05) is 18.2 Å². The lowest BCUT2D eigenvalue weighted by atomic mass is 10.1. The molecule has 3 rings (SSSR count). The minimum Gasteiger partial charge on any atom is -0.495 e. The van der Waals surface area contributed by atoms with Crippen LogP contribution in [0, 0.1) is 0 Å². The van der Waals surface area contributed by atoms with Gasteiger partial charge < -0.3 is 25.4 Å². The van der Waals surface area contributed by atoms with Crippen molar-refractivity contribution in [1.82, 2.24) is 0 Å². The van der Waals surface area contributed by atoms with Crippen LogP contribution < -0.4 is 25.4 Å². The van der Waals surface area contributed by atoms with Gasteiger partial charge in [-0.15, -0.1) is 0 Å². The highest BCUT2D eigenvalue weighted by atomic mass is 16.5. The molecular formula is C18H17N3O5. The Morgan fingerprint density at radius 3 is 2.69 bits per heavy atom. The highest BCUT2D eigenvalue weighted by Gasteiger charge is 2.18. The lowest BCUT2D eigenvalue weighted by Gasteiger charge is -2.18. The number of amides is 3. The van der Waals surface area contributed by atoms with Crippen molar-refractivity contribution in [1.29, 1.82) is 0 Å². The van der Waals surface area contributed by atoms with E-state index < -0.39 is 0 Å². The van der Waals surface area contributed by atoms with Crippen molar-refractivity contribution in [2.45, 2.75) is 6.92 Å². The van der Waals surface area contributed by atoms with E-state index in [2.05, 4.69) is 16.0 Å². The Hall–Kier alpha value is -3.55. The zero-order valence-corrected chi connectivity index (χ0v) is 14.2. The third-order valence-electron chi connectivity index (χ3n) is 3.64. The van der Waals surface area contributed by atoms with Crippen molar-refractivity contribution in [2.75, 3.05) is 29.7 Å². The van der Waals surface area contributed by atoms with Crippen molar-refractivity contribution >= 4 is 34.8 Å². The smallest absolute Gasteiger partial charge is 0.262 e. The summed E-state index contributed by atoms with van der Waals surface area (Å²) in [5, 5.41) is 8.06. The number of hydrogen-bond donors (Lipinski definition) is 3. The summed E-state index contributed by atoms with van der Waals surface area (Å²) in [7, 11) is 1.48. The van der Waals surface area contributed by atoms with Gasteiger partial charge in [-0.25, -0.2) is 0 Å². The van der Waals surface area contributed by atoms with Crippen molar-refractivity contribution in [3.63, 3.8) is 0 Å². The van der Waals surface area contributed by atoms with Gasteiger partial charge in [0.2, 0.25) is 5.91 Å². The lowest BCUT2D eigenvalue weighted by Crippen LogP contribution is -2.25. The number of nitrogens with one attached hydrogen (secondary N) is 3. The zero-order chi connectivity index (χ0) is 18.7. The third-order valence-corrected chi connectivity index (χ3v) is 3.64. The number of ether oxygens (including phenoxy) is 2. The molecular weight excluding hydrogens is 338 g/mol. The van der Waals surface area contributed by atoms with Crippen LogP contribution >= 0.6 is 0 Å². The number of rotatable bonds is 4. The molecule has 1 aliphatic rings. The SMILES string of the molecule is COc1ccc(NC(C)=O)cc1NC(=O)c1ccc2c(c1)OCC(=O)N2. The summed E-state index contributed by atoms with van der Waals surface area (Å²) in [6.45, 7) is 1.30. The van der Waals surface area contributed by atoms with E-state index in [4.69, 9.17) is 9.47 Å². The first-order valence-electron chi connectivity index (χ1n) is 7.80. The summed E-state index contributed by atoms with van der Waals surface area (Å²) < 4.78 is 10.6. The number of hydrogen-bond acceptors (Lipinski definition) is 5. The molecule has 0 unspecified atom stereocenters. The van der Waals surface area contributed by atoms with E-state index in [-0.39, 0.29) is 24.3 Å². The second kappa shape index (κ2) is 7.14. The monoisotopic (exact) mass is 355 g/mol. The van der Waals surface area contributed by atoms with Gasteiger partial charge in [-0.3, -0.25) is 14.4 Å². The van der Waals surface area contributed by atoms with E-state index in [9.17, 15) is 14.4 Å². The van der Waals surface area contributed by atoms with Crippen LogP contribution in [0.4, 0.5) is 17.1 Å². The highest BCUT2D eigenvalue weighted by Crippen LogP contribution is 2.31. The van der Waals surface area contributed by atoms with Crippen LogP contribution in [0.3, 0.4) is 0 Å². The van der Waals surface area contributed by atoms with Crippen molar-refractivity contribution in [2.24, 2.45) is 0 Å². The first-order valence-corrected chi connectivity index (χ1v) is 7.80. The molecule has 0 bridgehead atoms. The number of fused-ring (bicyclic) bond motifs is 1. The summed E-state index contributed by atoms with van der Waals surface area (Å²) in [5.41, 5.74) is 1.82. The third kappa shape index (κ3) is 3.75. The molecule has 0 fully saturated rings. The molecule has 2 aromatic carbocycles. The van der Waals surface area contributed by atoms with Crippen LogP contribution in [0.5, 0.6) is 11.5 Å². The topological polar surface area (TPSA) is 106 Å². The number of anilines is 3. The van der Waals surface area contributed by atoms with Crippen LogP contribution in [0.25, 0.3) is 0 Å². The Kier molecular flexibility index (Phi) is 4.74. The first kappa shape index (κ1) is 17.3. The van der Waals surface area contributed by atoms with Gasteiger partial charge in [0.25, 0.3) is 11.8 Å². The maximum atomic E-state index is 12.6. The van der Waals surface area contributed by atoms with E-state index in [0.717, 1.165) is 0 Å². The molecule has 0 saturated heterocycles. The molecule has 3 amide bonds. The number of carbonyl (C=O) groups excluding carboxylic acids is 3. The van der Waals surface area contributed by atoms with Crippen LogP contribution in [0.1, 0.15) is 17.3 Å². The van der Waals surface area contributed by atoms with Gasteiger partial charge in [-0.1, -0.05) is 0 Å². The highest BCUT2D eigenvalue weighted by molar-refractivity contribution is 6.06. The van der Waals surface area contributed by atoms with E-state index in [1.165, 1.54) is 14.0 Å². The first-order chi connectivity index (χ1) is 12.5.